The Bertz CT molecular complexity index is 482. The van der Waals surface area contributed by atoms with E-state index in [4.69, 9.17) is 5.73 Å². The van der Waals surface area contributed by atoms with Crippen LogP contribution >= 0.6 is 12.4 Å². The summed E-state index contributed by atoms with van der Waals surface area (Å²) in [6.45, 7) is 0. The zero-order chi connectivity index (χ0) is 10.7. The molecule has 3 heteroatoms. The zero-order valence-corrected chi connectivity index (χ0v) is 9.41. The molecule has 0 atom stereocenters. The molecule has 82 valence electrons. The number of rotatable bonds is 2. The van der Waals surface area contributed by atoms with Gasteiger partial charge in [-0.3, -0.25) is 4.79 Å². The van der Waals surface area contributed by atoms with Gasteiger partial charge in [0.2, 0.25) is 0 Å². The highest BCUT2D eigenvalue weighted by Gasteiger charge is 2.07. The summed E-state index contributed by atoms with van der Waals surface area (Å²) in [5.74, 6) is 0.00269. The highest BCUT2D eigenvalue weighted by atomic mass is 35.5. The molecule has 0 amide bonds. The SMILES string of the molecule is Cl.Nc1cccc(C(=O)c2ccccc2)c1. The van der Waals surface area contributed by atoms with Crippen molar-refractivity contribution in [1.82, 2.24) is 0 Å². The van der Waals surface area contributed by atoms with Gasteiger partial charge in [0.15, 0.2) is 5.78 Å². The predicted molar refractivity (Wildman–Crippen MR) is 68.0 cm³/mol. The lowest BCUT2D eigenvalue weighted by Crippen LogP contribution is -2.01. The summed E-state index contributed by atoms with van der Waals surface area (Å²) in [5.41, 5.74) is 7.54. The summed E-state index contributed by atoms with van der Waals surface area (Å²) in [6.07, 6.45) is 0. The van der Waals surface area contributed by atoms with Gasteiger partial charge in [0.1, 0.15) is 0 Å². The van der Waals surface area contributed by atoms with Gasteiger partial charge in [-0.2, -0.15) is 0 Å². The second-order valence-corrected chi connectivity index (χ2v) is 3.32. The molecule has 0 aromatic heterocycles. The van der Waals surface area contributed by atoms with E-state index in [0.29, 0.717) is 16.8 Å². The second kappa shape index (κ2) is 5.33. The molecule has 16 heavy (non-hydrogen) atoms. The third-order valence-corrected chi connectivity index (χ3v) is 2.18. The van der Waals surface area contributed by atoms with Crippen LogP contribution in [0.2, 0.25) is 0 Å². The Morgan fingerprint density at radius 3 is 2.12 bits per heavy atom. The summed E-state index contributed by atoms with van der Waals surface area (Å²) in [6, 6.07) is 16.2. The molecule has 0 fully saturated rings. The van der Waals surface area contributed by atoms with Crippen LogP contribution in [0.25, 0.3) is 0 Å². The van der Waals surface area contributed by atoms with Gasteiger partial charge in [0, 0.05) is 16.8 Å². The third-order valence-electron chi connectivity index (χ3n) is 2.18. The van der Waals surface area contributed by atoms with Crippen LogP contribution in [0.5, 0.6) is 0 Å². The van der Waals surface area contributed by atoms with E-state index >= 15 is 0 Å². The minimum absolute atomic E-state index is 0. The van der Waals surface area contributed by atoms with Crippen molar-refractivity contribution in [2.24, 2.45) is 0 Å². The molecule has 0 bridgehead atoms. The molecule has 0 saturated carbocycles. The molecule has 0 radical (unpaired) electrons. The average Bonchev–Trinajstić information content (AvgIpc) is 2.29. The standard InChI is InChI=1S/C13H11NO.ClH/c14-12-8-4-7-11(9-12)13(15)10-5-2-1-3-6-10;/h1-9H,14H2;1H. The first-order valence-corrected chi connectivity index (χ1v) is 4.72. The number of nitrogens with two attached hydrogens (primary N) is 1. The van der Waals surface area contributed by atoms with Crippen LogP contribution < -0.4 is 5.73 Å². The molecule has 0 aliphatic heterocycles. The number of benzene rings is 2. The molecule has 2 nitrogen and oxygen atoms in total. The lowest BCUT2D eigenvalue weighted by atomic mass is 10.0. The summed E-state index contributed by atoms with van der Waals surface area (Å²) < 4.78 is 0. The van der Waals surface area contributed by atoms with Crippen LogP contribution in [0.3, 0.4) is 0 Å². The first-order valence-electron chi connectivity index (χ1n) is 4.72. The van der Waals surface area contributed by atoms with Crippen molar-refractivity contribution in [3.05, 3.63) is 65.7 Å². The van der Waals surface area contributed by atoms with Crippen LogP contribution in [0.4, 0.5) is 5.69 Å². The second-order valence-electron chi connectivity index (χ2n) is 3.32. The summed E-state index contributed by atoms with van der Waals surface area (Å²) in [7, 11) is 0. The number of hydrogen-bond acceptors (Lipinski definition) is 2. The molecule has 0 saturated heterocycles. The molecule has 2 aromatic rings. The molecular weight excluding hydrogens is 222 g/mol. The molecule has 2 aromatic carbocycles. The maximum Gasteiger partial charge on any atom is 0.193 e. The monoisotopic (exact) mass is 233 g/mol. The van der Waals surface area contributed by atoms with Crippen molar-refractivity contribution < 1.29 is 4.79 Å². The maximum absolute atomic E-state index is 11.9. The Balaban J connectivity index is 0.00000128. The van der Waals surface area contributed by atoms with E-state index < -0.39 is 0 Å². The van der Waals surface area contributed by atoms with Crippen molar-refractivity contribution >= 4 is 23.9 Å². The normalized spacial score (nSPS) is 9.25. The zero-order valence-electron chi connectivity index (χ0n) is 8.59. The lowest BCUT2D eigenvalue weighted by Gasteiger charge is -2.01. The van der Waals surface area contributed by atoms with E-state index in [1.807, 2.05) is 18.2 Å². The van der Waals surface area contributed by atoms with E-state index in [1.165, 1.54) is 0 Å². The van der Waals surface area contributed by atoms with Crippen molar-refractivity contribution in [1.29, 1.82) is 0 Å². The Morgan fingerprint density at radius 2 is 1.50 bits per heavy atom. The van der Waals surface area contributed by atoms with Crippen molar-refractivity contribution in [2.45, 2.75) is 0 Å². The molecule has 0 spiro atoms. The Labute approximate surface area is 101 Å². The molecule has 2 rings (SSSR count). The third kappa shape index (κ3) is 2.61. The van der Waals surface area contributed by atoms with E-state index in [0.717, 1.165) is 0 Å². The van der Waals surface area contributed by atoms with Gasteiger partial charge < -0.3 is 5.73 Å². The van der Waals surface area contributed by atoms with Gasteiger partial charge in [-0.25, -0.2) is 0 Å². The minimum Gasteiger partial charge on any atom is -0.399 e. The fourth-order valence-corrected chi connectivity index (χ4v) is 1.44. The predicted octanol–water partition coefficient (Wildman–Crippen LogP) is 2.92. The van der Waals surface area contributed by atoms with E-state index in [9.17, 15) is 4.79 Å². The quantitative estimate of drug-likeness (QED) is 0.640. The molecule has 0 aliphatic carbocycles. The highest BCUT2D eigenvalue weighted by molar-refractivity contribution is 6.09. The highest BCUT2D eigenvalue weighted by Crippen LogP contribution is 2.12. The Morgan fingerprint density at radius 1 is 0.875 bits per heavy atom. The number of nitrogen functional groups attached to an aromatic ring is 1. The summed E-state index contributed by atoms with van der Waals surface area (Å²) in [5, 5.41) is 0. The Hall–Kier alpha value is -1.80. The number of halogens is 1. The molecule has 0 unspecified atom stereocenters. The Kier molecular flexibility index (Phi) is 4.09. The van der Waals surface area contributed by atoms with Crippen LogP contribution in [-0.2, 0) is 0 Å². The molecule has 0 aliphatic rings. The topological polar surface area (TPSA) is 43.1 Å². The van der Waals surface area contributed by atoms with E-state index in [2.05, 4.69) is 0 Å². The van der Waals surface area contributed by atoms with Crippen molar-refractivity contribution in [3.63, 3.8) is 0 Å². The van der Waals surface area contributed by atoms with E-state index in [1.54, 1.807) is 36.4 Å². The van der Waals surface area contributed by atoms with Crippen LogP contribution in [0.1, 0.15) is 15.9 Å². The molecule has 2 N–H and O–H groups in total. The van der Waals surface area contributed by atoms with Crippen molar-refractivity contribution in [3.8, 4) is 0 Å². The number of carbonyl (C=O) groups excluding carboxylic acids is 1. The summed E-state index contributed by atoms with van der Waals surface area (Å²) in [4.78, 5) is 11.9. The number of ketones is 1. The minimum atomic E-state index is 0. The van der Waals surface area contributed by atoms with Gasteiger partial charge in [-0.15, -0.1) is 12.4 Å². The maximum atomic E-state index is 11.9. The molecule has 0 heterocycles. The van der Waals surface area contributed by atoms with Gasteiger partial charge in [0.25, 0.3) is 0 Å². The van der Waals surface area contributed by atoms with E-state index in [-0.39, 0.29) is 18.2 Å². The smallest absolute Gasteiger partial charge is 0.193 e. The van der Waals surface area contributed by atoms with Gasteiger partial charge in [0.05, 0.1) is 0 Å². The average molecular weight is 234 g/mol. The largest absolute Gasteiger partial charge is 0.399 e. The number of hydrogen-bond donors (Lipinski definition) is 1. The first kappa shape index (κ1) is 12.3. The van der Waals surface area contributed by atoms with Gasteiger partial charge >= 0.3 is 0 Å². The number of carbonyl (C=O) groups is 1. The van der Waals surface area contributed by atoms with Crippen LogP contribution in [-0.4, -0.2) is 5.78 Å². The van der Waals surface area contributed by atoms with Crippen molar-refractivity contribution in [2.75, 3.05) is 5.73 Å². The van der Waals surface area contributed by atoms with Crippen LogP contribution in [0.15, 0.2) is 54.6 Å². The number of anilines is 1. The van der Waals surface area contributed by atoms with Gasteiger partial charge in [-0.05, 0) is 12.1 Å². The summed E-state index contributed by atoms with van der Waals surface area (Å²) >= 11 is 0. The molecular formula is C13H12ClNO. The first-order chi connectivity index (χ1) is 7.27. The van der Waals surface area contributed by atoms with Crippen LogP contribution in [0, 0.1) is 0 Å². The lowest BCUT2D eigenvalue weighted by molar-refractivity contribution is 0.103. The fourth-order valence-electron chi connectivity index (χ4n) is 1.44. The fraction of sp³-hybridized carbons (Fsp3) is 0. The van der Waals surface area contributed by atoms with Gasteiger partial charge in [-0.1, -0.05) is 42.5 Å².